The Bertz CT molecular complexity index is 565. The predicted octanol–water partition coefficient (Wildman–Crippen LogP) is 0.950. The molecule has 2 aliphatic heterocycles. The second kappa shape index (κ2) is 9.43. The lowest BCUT2D eigenvalue weighted by Gasteiger charge is -2.38. The zero-order valence-corrected chi connectivity index (χ0v) is 16.0. The summed E-state index contributed by atoms with van der Waals surface area (Å²) in [6.45, 7) is 11.1. The van der Waals surface area contributed by atoms with Crippen LogP contribution >= 0.6 is 0 Å². The molecular formula is C18H31N5O3. The van der Waals surface area contributed by atoms with Crippen LogP contribution in [-0.4, -0.2) is 89.8 Å². The molecule has 0 N–H and O–H groups in total. The van der Waals surface area contributed by atoms with E-state index < -0.39 is 0 Å². The molecule has 8 nitrogen and oxygen atoms in total. The highest BCUT2D eigenvalue weighted by molar-refractivity contribution is 5.78. The van der Waals surface area contributed by atoms with Gasteiger partial charge in [0.15, 0.2) is 5.82 Å². The quantitative estimate of drug-likeness (QED) is 0.712. The van der Waals surface area contributed by atoms with Crippen LogP contribution in [0.4, 0.5) is 0 Å². The molecule has 2 saturated heterocycles. The minimum absolute atomic E-state index is 0.0920. The maximum atomic E-state index is 12.5. The van der Waals surface area contributed by atoms with Gasteiger partial charge in [0.05, 0.1) is 25.8 Å². The first kappa shape index (κ1) is 19.3. The Kier molecular flexibility index (Phi) is 6.99. The van der Waals surface area contributed by atoms with E-state index in [1.54, 1.807) is 0 Å². The molecule has 26 heavy (non-hydrogen) atoms. The van der Waals surface area contributed by atoms with Crippen molar-refractivity contribution < 1.29 is 14.1 Å². The van der Waals surface area contributed by atoms with Gasteiger partial charge in [-0.15, -0.1) is 0 Å². The molecule has 1 atom stereocenters. The molecule has 0 spiro atoms. The minimum atomic E-state index is 0.0920. The van der Waals surface area contributed by atoms with Crippen LogP contribution in [0.15, 0.2) is 4.52 Å². The molecule has 0 bridgehead atoms. The molecule has 146 valence electrons. The van der Waals surface area contributed by atoms with Crippen molar-refractivity contribution in [2.24, 2.45) is 0 Å². The number of aryl methyl sites for hydroxylation is 1. The average Bonchev–Trinajstić information content (AvgIpc) is 3.15. The maximum Gasteiger partial charge on any atom is 0.243 e. The number of rotatable bonds is 7. The summed E-state index contributed by atoms with van der Waals surface area (Å²) in [5.74, 6) is 1.70. The summed E-state index contributed by atoms with van der Waals surface area (Å²) < 4.78 is 10.8. The summed E-state index contributed by atoms with van der Waals surface area (Å²) in [5.41, 5.74) is 0. The molecule has 8 heteroatoms. The standard InChI is InChI=1S/C18H31N5O3/c1-3-4-5-16-19-18(26-20-16)15(2)22-6-8-23(9-7-22)17(24)14-21-10-12-25-13-11-21/h15H,3-14H2,1-2H3. The summed E-state index contributed by atoms with van der Waals surface area (Å²) in [4.78, 5) is 23.5. The van der Waals surface area contributed by atoms with E-state index in [2.05, 4.69) is 33.8 Å². The summed E-state index contributed by atoms with van der Waals surface area (Å²) in [6, 6.07) is 0.0920. The lowest BCUT2D eigenvalue weighted by atomic mass is 10.2. The molecule has 1 aromatic heterocycles. The van der Waals surface area contributed by atoms with Crippen LogP contribution in [0.5, 0.6) is 0 Å². The van der Waals surface area contributed by atoms with Gasteiger partial charge in [-0.05, 0) is 13.3 Å². The van der Waals surface area contributed by atoms with Crippen LogP contribution in [0.2, 0.25) is 0 Å². The number of aromatic nitrogens is 2. The van der Waals surface area contributed by atoms with Gasteiger partial charge in [-0.25, -0.2) is 0 Å². The fourth-order valence-electron chi connectivity index (χ4n) is 3.44. The molecule has 0 saturated carbocycles. The van der Waals surface area contributed by atoms with E-state index >= 15 is 0 Å². The van der Waals surface area contributed by atoms with E-state index in [1.807, 2.05) is 4.90 Å². The van der Waals surface area contributed by atoms with Crippen molar-refractivity contribution in [3.63, 3.8) is 0 Å². The second-order valence-electron chi connectivity index (χ2n) is 7.13. The Morgan fingerprint density at radius 1 is 1.15 bits per heavy atom. The number of piperazine rings is 1. The van der Waals surface area contributed by atoms with Crippen LogP contribution in [0.1, 0.15) is 44.4 Å². The first-order chi connectivity index (χ1) is 12.7. The first-order valence-electron chi connectivity index (χ1n) is 9.81. The molecule has 2 fully saturated rings. The number of nitrogens with zero attached hydrogens (tertiary/aromatic N) is 5. The van der Waals surface area contributed by atoms with Gasteiger partial charge in [0.2, 0.25) is 11.8 Å². The minimum Gasteiger partial charge on any atom is -0.379 e. The highest BCUT2D eigenvalue weighted by Gasteiger charge is 2.28. The molecule has 0 aliphatic carbocycles. The topological polar surface area (TPSA) is 74.9 Å². The maximum absolute atomic E-state index is 12.5. The van der Waals surface area contributed by atoms with Crippen LogP contribution < -0.4 is 0 Å². The van der Waals surface area contributed by atoms with Crippen LogP contribution in [0.25, 0.3) is 0 Å². The lowest BCUT2D eigenvalue weighted by Crippen LogP contribution is -2.52. The Hall–Kier alpha value is -1.51. The van der Waals surface area contributed by atoms with Gasteiger partial charge < -0.3 is 14.2 Å². The van der Waals surface area contributed by atoms with Gasteiger partial charge in [-0.2, -0.15) is 4.98 Å². The van der Waals surface area contributed by atoms with E-state index in [4.69, 9.17) is 9.26 Å². The lowest BCUT2D eigenvalue weighted by molar-refractivity contribution is -0.135. The van der Waals surface area contributed by atoms with Crippen molar-refractivity contribution in [3.05, 3.63) is 11.7 Å². The Morgan fingerprint density at radius 2 is 1.88 bits per heavy atom. The van der Waals surface area contributed by atoms with E-state index in [1.165, 1.54) is 0 Å². The number of hydrogen-bond donors (Lipinski definition) is 0. The van der Waals surface area contributed by atoms with E-state index in [-0.39, 0.29) is 11.9 Å². The van der Waals surface area contributed by atoms with Crippen molar-refractivity contribution in [1.29, 1.82) is 0 Å². The van der Waals surface area contributed by atoms with E-state index in [9.17, 15) is 4.79 Å². The summed E-state index contributed by atoms with van der Waals surface area (Å²) >= 11 is 0. The zero-order valence-electron chi connectivity index (χ0n) is 16.0. The second-order valence-corrected chi connectivity index (χ2v) is 7.13. The molecule has 0 radical (unpaired) electrons. The van der Waals surface area contributed by atoms with Crippen LogP contribution in [-0.2, 0) is 16.0 Å². The van der Waals surface area contributed by atoms with E-state index in [0.29, 0.717) is 12.4 Å². The summed E-state index contributed by atoms with van der Waals surface area (Å²) in [7, 11) is 0. The summed E-state index contributed by atoms with van der Waals surface area (Å²) in [5, 5.41) is 4.08. The molecule has 2 aliphatic rings. The third kappa shape index (κ3) is 5.02. The number of carbonyl (C=O) groups is 1. The largest absolute Gasteiger partial charge is 0.379 e. The number of unbranched alkanes of at least 4 members (excludes halogenated alkanes) is 1. The Morgan fingerprint density at radius 3 is 2.58 bits per heavy atom. The highest BCUT2D eigenvalue weighted by atomic mass is 16.5. The fourth-order valence-corrected chi connectivity index (χ4v) is 3.44. The van der Waals surface area contributed by atoms with Crippen LogP contribution in [0, 0.1) is 0 Å². The van der Waals surface area contributed by atoms with Gasteiger partial charge >= 0.3 is 0 Å². The first-order valence-corrected chi connectivity index (χ1v) is 9.81. The smallest absolute Gasteiger partial charge is 0.243 e. The number of morpholine rings is 1. The third-order valence-corrected chi connectivity index (χ3v) is 5.27. The molecule has 3 heterocycles. The van der Waals surface area contributed by atoms with Gasteiger partial charge in [0.25, 0.3) is 0 Å². The van der Waals surface area contributed by atoms with Gasteiger partial charge in [0.1, 0.15) is 0 Å². The molecule has 3 rings (SSSR count). The van der Waals surface area contributed by atoms with Crippen molar-refractivity contribution >= 4 is 5.91 Å². The third-order valence-electron chi connectivity index (χ3n) is 5.27. The van der Waals surface area contributed by atoms with Gasteiger partial charge in [0, 0.05) is 45.7 Å². The molecule has 1 amide bonds. The predicted molar refractivity (Wildman–Crippen MR) is 96.7 cm³/mol. The van der Waals surface area contributed by atoms with Crippen molar-refractivity contribution in [2.75, 3.05) is 59.0 Å². The van der Waals surface area contributed by atoms with Crippen molar-refractivity contribution in [2.45, 2.75) is 39.2 Å². The van der Waals surface area contributed by atoms with Crippen molar-refractivity contribution in [3.8, 4) is 0 Å². The SMILES string of the molecule is CCCCc1noc(C(C)N2CCN(C(=O)CN3CCOCC3)CC2)n1. The molecule has 1 unspecified atom stereocenters. The van der Waals surface area contributed by atoms with Crippen molar-refractivity contribution in [1.82, 2.24) is 24.8 Å². The number of amides is 1. The zero-order chi connectivity index (χ0) is 18.4. The van der Waals surface area contributed by atoms with Gasteiger partial charge in [-0.3, -0.25) is 14.6 Å². The van der Waals surface area contributed by atoms with Crippen LogP contribution in [0.3, 0.4) is 0 Å². The monoisotopic (exact) mass is 365 g/mol. The molecule has 1 aromatic rings. The average molecular weight is 365 g/mol. The highest BCUT2D eigenvalue weighted by Crippen LogP contribution is 2.20. The Labute approximate surface area is 155 Å². The molecular weight excluding hydrogens is 334 g/mol. The number of carbonyl (C=O) groups excluding carboxylic acids is 1. The number of hydrogen-bond acceptors (Lipinski definition) is 7. The number of ether oxygens (including phenoxy) is 1. The molecule has 0 aromatic carbocycles. The van der Waals surface area contributed by atoms with E-state index in [0.717, 1.165) is 77.6 Å². The summed E-state index contributed by atoms with van der Waals surface area (Å²) in [6.07, 6.45) is 3.08. The normalized spacial score (nSPS) is 21.1. The Balaban J connectivity index is 1.45. The van der Waals surface area contributed by atoms with Gasteiger partial charge in [-0.1, -0.05) is 18.5 Å². The fraction of sp³-hybridized carbons (Fsp3) is 0.833.